The van der Waals surface area contributed by atoms with Crippen LogP contribution in [0.5, 0.6) is 5.75 Å². The van der Waals surface area contributed by atoms with Crippen molar-refractivity contribution in [3.8, 4) is 5.75 Å². The van der Waals surface area contributed by atoms with Gasteiger partial charge in [-0.2, -0.15) is 0 Å². The van der Waals surface area contributed by atoms with Crippen LogP contribution in [0.1, 0.15) is 33.6 Å². The van der Waals surface area contributed by atoms with E-state index < -0.39 is 0 Å². The van der Waals surface area contributed by atoms with E-state index in [-0.39, 0.29) is 17.9 Å². The minimum atomic E-state index is -0.0284. The third-order valence-corrected chi connectivity index (χ3v) is 5.42. The molecule has 2 aromatic carbocycles. The number of piperazine rings is 1. The second-order valence-electron chi connectivity index (χ2n) is 7.42. The molecule has 0 spiro atoms. The molecule has 2 saturated heterocycles. The van der Waals surface area contributed by atoms with Crippen molar-refractivity contribution in [2.75, 3.05) is 39.4 Å². The van der Waals surface area contributed by atoms with Crippen LogP contribution < -0.4 is 4.74 Å². The van der Waals surface area contributed by atoms with Crippen LogP contribution in [0.4, 0.5) is 0 Å². The summed E-state index contributed by atoms with van der Waals surface area (Å²) in [5.41, 5.74) is 1.29. The molecule has 1 atom stereocenters. The van der Waals surface area contributed by atoms with Crippen molar-refractivity contribution in [3.63, 3.8) is 0 Å². The molecule has 6 heteroatoms. The van der Waals surface area contributed by atoms with Gasteiger partial charge in [-0.15, -0.1) is 0 Å². The first-order valence-corrected chi connectivity index (χ1v) is 10.2. The molecule has 1 unspecified atom stereocenters. The summed E-state index contributed by atoms with van der Waals surface area (Å²) in [4.78, 5) is 29.1. The lowest BCUT2D eigenvalue weighted by atomic mass is 10.1. The highest BCUT2D eigenvalue weighted by Crippen LogP contribution is 2.19. The van der Waals surface area contributed by atoms with Crippen molar-refractivity contribution in [2.45, 2.75) is 18.9 Å². The summed E-state index contributed by atoms with van der Waals surface area (Å²) in [7, 11) is 0. The highest BCUT2D eigenvalue weighted by molar-refractivity contribution is 5.96. The van der Waals surface area contributed by atoms with Gasteiger partial charge in [0.2, 0.25) is 0 Å². The Bertz CT molecular complexity index is 841. The van der Waals surface area contributed by atoms with Gasteiger partial charge < -0.3 is 19.3 Å². The van der Waals surface area contributed by atoms with Crippen LogP contribution in [0, 0.1) is 0 Å². The van der Waals surface area contributed by atoms with Crippen LogP contribution in [0.15, 0.2) is 54.6 Å². The van der Waals surface area contributed by atoms with E-state index in [4.69, 9.17) is 9.47 Å². The molecule has 29 heavy (non-hydrogen) atoms. The lowest BCUT2D eigenvalue weighted by Crippen LogP contribution is -2.50. The van der Waals surface area contributed by atoms with Gasteiger partial charge in [0.1, 0.15) is 12.4 Å². The van der Waals surface area contributed by atoms with E-state index in [0.717, 1.165) is 19.4 Å². The van der Waals surface area contributed by atoms with Gasteiger partial charge in [-0.25, -0.2) is 0 Å². The van der Waals surface area contributed by atoms with E-state index in [1.54, 1.807) is 15.9 Å². The largest absolute Gasteiger partial charge is 0.491 e. The number of benzene rings is 2. The fourth-order valence-electron chi connectivity index (χ4n) is 3.74. The van der Waals surface area contributed by atoms with Gasteiger partial charge in [-0.1, -0.05) is 24.3 Å². The minimum Gasteiger partial charge on any atom is -0.491 e. The molecule has 0 bridgehead atoms. The molecular weight excluding hydrogens is 368 g/mol. The van der Waals surface area contributed by atoms with E-state index in [2.05, 4.69) is 0 Å². The van der Waals surface area contributed by atoms with Gasteiger partial charge in [-0.05, 0) is 43.2 Å². The number of rotatable bonds is 5. The van der Waals surface area contributed by atoms with E-state index in [1.165, 1.54) is 0 Å². The van der Waals surface area contributed by atoms with Gasteiger partial charge in [0.15, 0.2) is 0 Å². The third-order valence-electron chi connectivity index (χ3n) is 5.42. The maximum absolute atomic E-state index is 12.9. The Morgan fingerprint density at radius 1 is 0.897 bits per heavy atom. The quantitative estimate of drug-likeness (QED) is 0.783. The van der Waals surface area contributed by atoms with Gasteiger partial charge in [-0.3, -0.25) is 9.59 Å². The number of nitrogens with zero attached hydrogens (tertiary/aromatic N) is 2. The Hall–Kier alpha value is -2.86. The predicted octanol–water partition coefficient (Wildman–Crippen LogP) is 2.84. The van der Waals surface area contributed by atoms with Crippen LogP contribution in [-0.4, -0.2) is 67.1 Å². The number of hydrogen-bond acceptors (Lipinski definition) is 4. The fraction of sp³-hybridized carbons (Fsp3) is 0.391. The zero-order valence-corrected chi connectivity index (χ0v) is 16.5. The molecule has 0 aliphatic carbocycles. The van der Waals surface area contributed by atoms with Crippen molar-refractivity contribution < 1.29 is 19.1 Å². The van der Waals surface area contributed by atoms with Gasteiger partial charge in [0.05, 0.1) is 6.10 Å². The first kappa shape index (κ1) is 19.5. The summed E-state index contributed by atoms with van der Waals surface area (Å²) in [6.07, 6.45) is 2.24. The molecule has 0 aromatic heterocycles. The summed E-state index contributed by atoms with van der Waals surface area (Å²) >= 11 is 0. The number of carbonyl (C=O) groups is 2. The Morgan fingerprint density at radius 3 is 2.21 bits per heavy atom. The lowest BCUT2D eigenvalue weighted by Gasteiger charge is -2.35. The fourth-order valence-corrected chi connectivity index (χ4v) is 3.74. The summed E-state index contributed by atoms with van der Waals surface area (Å²) in [5.74, 6) is 0.672. The van der Waals surface area contributed by atoms with E-state index in [1.807, 2.05) is 48.5 Å². The maximum Gasteiger partial charge on any atom is 0.254 e. The summed E-state index contributed by atoms with van der Waals surface area (Å²) in [5, 5.41) is 0. The predicted molar refractivity (Wildman–Crippen MR) is 109 cm³/mol. The minimum absolute atomic E-state index is 0.0160. The average Bonchev–Trinajstić information content (AvgIpc) is 3.31. The molecule has 0 saturated carbocycles. The topological polar surface area (TPSA) is 59.1 Å². The zero-order chi connectivity index (χ0) is 20.1. The first-order valence-electron chi connectivity index (χ1n) is 10.2. The monoisotopic (exact) mass is 394 g/mol. The van der Waals surface area contributed by atoms with Crippen LogP contribution in [0.2, 0.25) is 0 Å². The van der Waals surface area contributed by atoms with Crippen molar-refractivity contribution in [2.24, 2.45) is 0 Å². The molecule has 152 valence electrons. The molecule has 2 aliphatic heterocycles. The second-order valence-corrected chi connectivity index (χ2v) is 7.42. The second kappa shape index (κ2) is 9.09. The highest BCUT2D eigenvalue weighted by atomic mass is 16.5. The Morgan fingerprint density at radius 2 is 1.55 bits per heavy atom. The van der Waals surface area contributed by atoms with Crippen LogP contribution in [0.25, 0.3) is 0 Å². The van der Waals surface area contributed by atoms with Crippen molar-refractivity contribution in [1.29, 1.82) is 0 Å². The molecule has 2 fully saturated rings. The number of ether oxygens (including phenoxy) is 2. The molecule has 0 radical (unpaired) electrons. The average molecular weight is 394 g/mol. The van der Waals surface area contributed by atoms with Crippen molar-refractivity contribution in [3.05, 3.63) is 65.7 Å². The molecule has 2 aromatic rings. The number of amides is 2. The molecule has 6 nitrogen and oxygen atoms in total. The first-order chi connectivity index (χ1) is 14.2. The Balaban J connectivity index is 1.32. The molecule has 2 amide bonds. The SMILES string of the molecule is O=C(c1ccccc1)N1CCN(C(=O)c2cccc(OCC3CCCO3)c2)CC1. The summed E-state index contributed by atoms with van der Waals surface area (Å²) in [6.45, 7) is 3.43. The molecule has 0 N–H and O–H groups in total. The standard InChI is InChI=1S/C23H26N2O4/c26-22(18-6-2-1-3-7-18)24-11-13-25(14-12-24)23(27)19-8-4-9-20(16-19)29-17-21-10-5-15-28-21/h1-4,6-9,16,21H,5,10-15,17H2. The summed E-state index contributed by atoms with van der Waals surface area (Å²) < 4.78 is 11.4. The van der Waals surface area contributed by atoms with Crippen molar-refractivity contribution in [1.82, 2.24) is 9.80 Å². The molecule has 2 aliphatic rings. The van der Waals surface area contributed by atoms with Crippen LogP contribution >= 0.6 is 0 Å². The maximum atomic E-state index is 12.9. The lowest BCUT2D eigenvalue weighted by molar-refractivity contribution is 0.0534. The molecule has 4 rings (SSSR count). The van der Waals surface area contributed by atoms with E-state index in [0.29, 0.717) is 49.7 Å². The summed E-state index contributed by atoms with van der Waals surface area (Å²) in [6, 6.07) is 16.6. The van der Waals surface area contributed by atoms with Gasteiger partial charge >= 0.3 is 0 Å². The van der Waals surface area contributed by atoms with Gasteiger partial charge in [0, 0.05) is 43.9 Å². The Kier molecular flexibility index (Phi) is 6.10. The third kappa shape index (κ3) is 4.77. The zero-order valence-electron chi connectivity index (χ0n) is 16.5. The molecule has 2 heterocycles. The van der Waals surface area contributed by atoms with Crippen LogP contribution in [-0.2, 0) is 4.74 Å². The number of hydrogen-bond donors (Lipinski definition) is 0. The Labute approximate surface area is 171 Å². The van der Waals surface area contributed by atoms with E-state index in [9.17, 15) is 9.59 Å². The molecular formula is C23H26N2O4. The van der Waals surface area contributed by atoms with Gasteiger partial charge in [0.25, 0.3) is 11.8 Å². The normalized spacial score (nSPS) is 19.2. The number of carbonyl (C=O) groups excluding carboxylic acids is 2. The smallest absolute Gasteiger partial charge is 0.254 e. The van der Waals surface area contributed by atoms with Crippen molar-refractivity contribution >= 4 is 11.8 Å². The highest BCUT2D eigenvalue weighted by Gasteiger charge is 2.25. The van der Waals surface area contributed by atoms with Crippen LogP contribution in [0.3, 0.4) is 0 Å². The van der Waals surface area contributed by atoms with E-state index >= 15 is 0 Å².